The van der Waals surface area contributed by atoms with E-state index in [2.05, 4.69) is 10.5 Å². The van der Waals surface area contributed by atoms with Crippen molar-refractivity contribution in [1.82, 2.24) is 10.5 Å². The Bertz CT molecular complexity index is 1060. The van der Waals surface area contributed by atoms with Gasteiger partial charge in [-0.2, -0.15) is 0 Å². The topological polar surface area (TPSA) is 125 Å². The van der Waals surface area contributed by atoms with Gasteiger partial charge in [-0.3, -0.25) is 14.4 Å². The van der Waals surface area contributed by atoms with Gasteiger partial charge in [-0.25, -0.2) is 0 Å². The van der Waals surface area contributed by atoms with Gasteiger partial charge in [-0.15, -0.1) is 0 Å². The van der Waals surface area contributed by atoms with Crippen LogP contribution in [-0.2, 0) is 16.0 Å². The number of aromatic nitrogens is 1. The molecule has 3 N–H and O–H groups in total. The molecular formula is C22H21N3O5. The molecule has 3 rings (SSSR count). The van der Waals surface area contributed by atoms with Crippen LogP contribution in [0.5, 0.6) is 5.75 Å². The first-order chi connectivity index (χ1) is 14.4. The molecule has 0 bridgehead atoms. The third kappa shape index (κ3) is 4.54. The first kappa shape index (κ1) is 20.8. The molecule has 2 amide bonds. The van der Waals surface area contributed by atoms with Gasteiger partial charge >= 0.3 is 0 Å². The highest BCUT2D eigenvalue weighted by molar-refractivity contribution is 6.38. The van der Waals surface area contributed by atoms with Crippen molar-refractivity contribution >= 4 is 17.6 Å². The van der Waals surface area contributed by atoms with Crippen LogP contribution in [0.15, 0.2) is 59.1 Å². The Labute approximate surface area is 173 Å². The van der Waals surface area contributed by atoms with E-state index in [1.54, 1.807) is 62.6 Å². The maximum Gasteiger partial charge on any atom is 0.287 e. The lowest BCUT2D eigenvalue weighted by atomic mass is 10.0. The van der Waals surface area contributed by atoms with Gasteiger partial charge in [0.05, 0.1) is 12.8 Å². The maximum absolute atomic E-state index is 13.0. The van der Waals surface area contributed by atoms with E-state index in [-0.39, 0.29) is 17.7 Å². The molecule has 0 radical (unpaired) electrons. The molecule has 1 aromatic heterocycles. The summed E-state index contributed by atoms with van der Waals surface area (Å²) >= 11 is 0. The Morgan fingerprint density at radius 3 is 2.37 bits per heavy atom. The lowest BCUT2D eigenvalue weighted by molar-refractivity contribution is -0.137. The van der Waals surface area contributed by atoms with Crippen molar-refractivity contribution in [2.75, 3.05) is 7.11 Å². The number of ether oxygens (including phenoxy) is 1. The van der Waals surface area contributed by atoms with Gasteiger partial charge in [0, 0.05) is 12.0 Å². The number of ketones is 1. The minimum absolute atomic E-state index is 0.0858. The minimum Gasteiger partial charge on any atom is -0.497 e. The molecule has 0 unspecified atom stereocenters. The number of Topliss-reactive ketones (excluding diaryl/α,β-unsaturated/α-hetero) is 1. The number of hydrogen-bond donors (Lipinski definition) is 2. The molecule has 1 atom stereocenters. The SMILES string of the molecule is COc1ccc(C[C@H](NC(=O)c2c(C)noc2-c2ccccc2)C(=O)C(N)=O)cc1. The second-order valence-electron chi connectivity index (χ2n) is 6.64. The molecule has 0 spiro atoms. The molecule has 0 saturated heterocycles. The summed E-state index contributed by atoms with van der Waals surface area (Å²) in [5.74, 6) is -1.68. The zero-order valence-corrected chi connectivity index (χ0v) is 16.5. The Balaban J connectivity index is 1.88. The Kier molecular flexibility index (Phi) is 6.26. The van der Waals surface area contributed by atoms with Crippen molar-refractivity contribution < 1.29 is 23.6 Å². The van der Waals surface area contributed by atoms with E-state index in [1.165, 1.54) is 0 Å². The highest BCUT2D eigenvalue weighted by atomic mass is 16.5. The molecule has 0 fully saturated rings. The summed E-state index contributed by atoms with van der Waals surface area (Å²) in [5.41, 5.74) is 7.13. The molecule has 3 aromatic rings. The Morgan fingerprint density at radius 1 is 1.10 bits per heavy atom. The van der Waals surface area contributed by atoms with Crippen LogP contribution in [0.1, 0.15) is 21.6 Å². The van der Waals surface area contributed by atoms with E-state index in [9.17, 15) is 14.4 Å². The van der Waals surface area contributed by atoms with E-state index in [0.717, 1.165) is 5.56 Å². The van der Waals surface area contributed by atoms with Crippen molar-refractivity contribution in [1.29, 1.82) is 0 Å². The number of amides is 2. The van der Waals surface area contributed by atoms with Crippen molar-refractivity contribution in [2.24, 2.45) is 5.73 Å². The summed E-state index contributed by atoms with van der Waals surface area (Å²) < 4.78 is 10.4. The highest BCUT2D eigenvalue weighted by Crippen LogP contribution is 2.26. The van der Waals surface area contributed by atoms with E-state index < -0.39 is 23.6 Å². The number of methoxy groups -OCH3 is 1. The van der Waals surface area contributed by atoms with E-state index >= 15 is 0 Å². The minimum atomic E-state index is -1.14. The molecule has 0 aliphatic carbocycles. The maximum atomic E-state index is 13.0. The summed E-state index contributed by atoms with van der Waals surface area (Å²) in [4.78, 5) is 36.9. The summed E-state index contributed by atoms with van der Waals surface area (Å²) in [6.07, 6.45) is 0.0858. The number of hydrogen-bond acceptors (Lipinski definition) is 6. The third-order valence-corrected chi connectivity index (χ3v) is 4.59. The molecule has 30 heavy (non-hydrogen) atoms. The number of nitrogens with two attached hydrogens (primary N) is 1. The van der Waals surface area contributed by atoms with Crippen LogP contribution in [-0.4, -0.2) is 35.9 Å². The van der Waals surface area contributed by atoms with E-state index in [4.69, 9.17) is 15.0 Å². The van der Waals surface area contributed by atoms with Gasteiger partial charge in [0.25, 0.3) is 11.8 Å². The summed E-state index contributed by atoms with van der Waals surface area (Å²) in [7, 11) is 1.54. The number of aryl methyl sites for hydroxylation is 1. The monoisotopic (exact) mass is 407 g/mol. The van der Waals surface area contributed by atoms with Crippen molar-refractivity contribution in [2.45, 2.75) is 19.4 Å². The van der Waals surface area contributed by atoms with Crippen molar-refractivity contribution in [3.05, 3.63) is 71.4 Å². The average Bonchev–Trinajstić information content (AvgIpc) is 3.15. The van der Waals surface area contributed by atoms with E-state index in [1.807, 2.05) is 6.07 Å². The van der Waals surface area contributed by atoms with Crippen LogP contribution in [0.4, 0.5) is 0 Å². The molecule has 1 heterocycles. The fourth-order valence-electron chi connectivity index (χ4n) is 3.03. The number of primary amides is 1. The van der Waals surface area contributed by atoms with Crippen LogP contribution in [0.2, 0.25) is 0 Å². The molecule has 8 nitrogen and oxygen atoms in total. The number of nitrogens with zero attached hydrogens (tertiary/aromatic N) is 1. The van der Waals surface area contributed by atoms with Gasteiger partial charge < -0.3 is 20.3 Å². The first-order valence-corrected chi connectivity index (χ1v) is 9.19. The van der Waals surface area contributed by atoms with Crippen molar-refractivity contribution in [3.8, 4) is 17.1 Å². The van der Waals surface area contributed by atoms with Gasteiger partial charge in [0.1, 0.15) is 17.4 Å². The fourth-order valence-corrected chi connectivity index (χ4v) is 3.03. The molecule has 0 saturated carbocycles. The number of rotatable bonds is 8. The third-order valence-electron chi connectivity index (χ3n) is 4.59. The summed E-state index contributed by atoms with van der Waals surface area (Å²) in [5, 5.41) is 6.49. The van der Waals surface area contributed by atoms with Crippen LogP contribution in [0.3, 0.4) is 0 Å². The Hall–Kier alpha value is -3.94. The van der Waals surface area contributed by atoms with Crippen LogP contribution in [0.25, 0.3) is 11.3 Å². The Morgan fingerprint density at radius 2 is 1.77 bits per heavy atom. The second-order valence-corrected chi connectivity index (χ2v) is 6.64. The van der Waals surface area contributed by atoms with Gasteiger partial charge in [0.2, 0.25) is 5.78 Å². The van der Waals surface area contributed by atoms with Gasteiger partial charge in [-0.1, -0.05) is 47.6 Å². The zero-order valence-electron chi connectivity index (χ0n) is 16.5. The number of benzene rings is 2. The van der Waals surface area contributed by atoms with Crippen molar-refractivity contribution in [3.63, 3.8) is 0 Å². The summed E-state index contributed by atoms with van der Waals surface area (Å²) in [6.45, 7) is 1.62. The fraction of sp³-hybridized carbons (Fsp3) is 0.182. The molecule has 0 aliphatic rings. The average molecular weight is 407 g/mol. The van der Waals surface area contributed by atoms with Crippen LogP contribution >= 0.6 is 0 Å². The predicted octanol–water partition coefficient (Wildman–Crippen LogP) is 2.05. The summed E-state index contributed by atoms with van der Waals surface area (Å²) in [6, 6.07) is 14.8. The zero-order chi connectivity index (χ0) is 21.7. The van der Waals surface area contributed by atoms with Crippen LogP contribution < -0.4 is 15.8 Å². The van der Waals surface area contributed by atoms with Gasteiger partial charge in [-0.05, 0) is 24.6 Å². The largest absolute Gasteiger partial charge is 0.497 e. The second kappa shape index (κ2) is 9.04. The first-order valence-electron chi connectivity index (χ1n) is 9.19. The lowest BCUT2D eigenvalue weighted by Crippen LogP contribution is -2.47. The van der Waals surface area contributed by atoms with Crippen LogP contribution in [0, 0.1) is 6.92 Å². The van der Waals surface area contributed by atoms with Gasteiger partial charge in [0.15, 0.2) is 5.76 Å². The lowest BCUT2D eigenvalue weighted by Gasteiger charge is -2.16. The number of carbonyl (C=O) groups excluding carboxylic acids is 3. The number of carbonyl (C=O) groups is 3. The van der Waals surface area contributed by atoms with E-state index in [0.29, 0.717) is 17.0 Å². The molecule has 0 aliphatic heterocycles. The standard InChI is InChI=1S/C22H21N3O5/c1-13-18(20(30-25-13)15-6-4-3-5-7-15)22(28)24-17(19(26)21(23)27)12-14-8-10-16(29-2)11-9-14/h3-11,17H,12H2,1-2H3,(H2,23,27)(H,24,28)/t17-/m0/s1. The quantitative estimate of drug-likeness (QED) is 0.551. The smallest absolute Gasteiger partial charge is 0.287 e. The molecule has 154 valence electrons. The normalized spacial score (nSPS) is 11.5. The molecule has 8 heteroatoms. The molecule has 2 aromatic carbocycles. The molecular weight excluding hydrogens is 386 g/mol. The number of nitrogens with one attached hydrogen (secondary N) is 1. The predicted molar refractivity (Wildman–Crippen MR) is 109 cm³/mol. The highest BCUT2D eigenvalue weighted by Gasteiger charge is 2.29.